The molecule has 0 saturated carbocycles. The minimum atomic E-state index is -0.963. The highest BCUT2D eigenvalue weighted by molar-refractivity contribution is 5.93. The summed E-state index contributed by atoms with van der Waals surface area (Å²) >= 11 is 0. The predicted octanol–water partition coefficient (Wildman–Crippen LogP) is 5.30. The summed E-state index contributed by atoms with van der Waals surface area (Å²) in [6.45, 7) is 9.64. The standard InChI is InChI=1S/C23H29NO4/c1-13(2)24-18-10-8-17(9-11-18)20-16(5)21(27-6)19(12-14(3)23(25)26)15(4)22(20)28-7/h8-13,24H,1-7H3,(H,25,26). The van der Waals surface area contributed by atoms with Gasteiger partial charge in [-0.3, -0.25) is 0 Å². The fourth-order valence-corrected chi connectivity index (χ4v) is 3.35. The molecule has 0 amide bonds. The molecule has 0 saturated heterocycles. The van der Waals surface area contributed by atoms with Gasteiger partial charge in [0.05, 0.1) is 14.2 Å². The highest BCUT2D eigenvalue weighted by Crippen LogP contribution is 2.44. The van der Waals surface area contributed by atoms with Gasteiger partial charge in [0.15, 0.2) is 0 Å². The molecule has 0 aliphatic rings. The molecule has 28 heavy (non-hydrogen) atoms. The van der Waals surface area contributed by atoms with Crippen LogP contribution in [0.25, 0.3) is 17.2 Å². The molecule has 0 fully saturated rings. The van der Waals surface area contributed by atoms with Crippen molar-refractivity contribution in [1.29, 1.82) is 0 Å². The summed E-state index contributed by atoms with van der Waals surface area (Å²) in [5.74, 6) is 0.404. The zero-order chi connectivity index (χ0) is 21.0. The lowest BCUT2D eigenvalue weighted by molar-refractivity contribution is -0.132. The summed E-state index contributed by atoms with van der Waals surface area (Å²) in [6, 6.07) is 8.53. The van der Waals surface area contributed by atoms with Gasteiger partial charge in [-0.25, -0.2) is 4.79 Å². The van der Waals surface area contributed by atoms with Crippen LogP contribution in [0.15, 0.2) is 29.8 Å². The lowest BCUT2D eigenvalue weighted by atomic mass is 9.91. The molecule has 0 aromatic heterocycles. The molecule has 150 valence electrons. The normalized spacial score (nSPS) is 11.5. The van der Waals surface area contributed by atoms with Crippen LogP contribution in [0.4, 0.5) is 5.69 Å². The molecule has 0 atom stereocenters. The number of anilines is 1. The molecule has 0 heterocycles. The van der Waals surface area contributed by atoms with Gasteiger partial charge in [0.1, 0.15) is 11.5 Å². The molecule has 2 rings (SSSR count). The molecule has 0 bridgehead atoms. The zero-order valence-corrected chi connectivity index (χ0v) is 17.6. The summed E-state index contributed by atoms with van der Waals surface area (Å²) < 4.78 is 11.4. The molecule has 2 aromatic carbocycles. The zero-order valence-electron chi connectivity index (χ0n) is 17.6. The van der Waals surface area contributed by atoms with E-state index in [-0.39, 0.29) is 5.57 Å². The first-order valence-electron chi connectivity index (χ1n) is 9.24. The maximum Gasteiger partial charge on any atom is 0.331 e. The van der Waals surface area contributed by atoms with Gasteiger partial charge in [-0.1, -0.05) is 12.1 Å². The van der Waals surface area contributed by atoms with Crippen molar-refractivity contribution in [3.05, 3.63) is 46.5 Å². The number of aliphatic carboxylic acids is 1. The van der Waals surface area contributed by atoms with E-state index >= 15 is 0 Å². The van der Waals surface area contributed by atoms with E-state index < -0.39 is 5.97 Å². The number of methoxy groups -OCH3 is 2. The van der Waals surface area contributed by atoms with Gasteiger partial charge >= 0.3 is 5.97 Å². The predicted molar refractivity (Wildman–Crippen MR) is 115 cm³/mol. The molecule has 0 spiro atoms. The number of carboxylic acid groups (broad SMARTS) is 1. The SMILES string of the molecule is COc1c(C)c(-c2ccc(NC(C)C)cc2)c(OC)c(C)c1C=C(C)C(=O)O. The Bertz CT molecular complexity index is 896. The van der Waals surface area contributed by atoms with Gasteiger partial charge in [0.2, 0.25) is 0 Å². The van der Waals surface area contributed by atoms with Crippen LogP contribution < -0.4 is 14.8 Å². The monoisotopic (exact) mass is 383 g/mol. The molecule has 2 N–H and O–H groups in total. The molecule has 0 aliphatic heterocycles. The van der Waals surface area contributed by atoms with E-state index in [1.165, 1.54) is 0 Å². The average molecular weight is 383 g/mol. The Morgan fingerprint density at radius 1 is 1.04 bits per heavy atom. The third kappa shape index (κ3) is 4.30. The van der Waals surface area contributed by atoms with E-state index in [1.807, 2.05) is 38.1 Å². The summed E-state index contributed by atoms with van der Waals surface area (Å²) in [7, 11) is 3.23. The van der Waals surface area contributed by atoms with Crippen molar-refractivity contribution in [3.8, 4) is 22.6 Å². The van der Waals surface area contributed by atoms with Gasteiger partial charge in [-0.05, 0) is 58.4 Å². The molecule has 5 nitrogen and oxygen atoms in total. The van der Waals surface area contributed by atoms with Gasteiger partial charge in [0.25, 0.3) is 0 Å². The Labute approximate surface area is 167 Å². The molecular formula is C23H29NO4. The quantitative estimate of drug-likeness (QED) is 0.635. The first-order valence-corrected chi connectivity index (χ1v) is 9.24. The van der Waals surface area contributed by atoms with Crippen LogP contribution in [-0.4, -0.2) is 31.3 Å². The summed E-state index contributed by atoms with van der Waals surface area (Å²) in [5, 5.41) is 12.7. The second-order valence-corrected chi connectivity index (χ2v) is 7.11. The second-order valence-electron chi connectivity index (χ2n) is 7.11. The largest absolute Gasteiger partial charge is 0.496 e. The number of hydrogen-bond donors (Lipinski definition) is 2. The number of carboxylic acids is 1. The topological polar surface area (TPSA) is 67.8 Å². The van der Waals surface area contributed by atoms with Gasteiger partial charge in [-0.2, -0.15) is 0 Å². The van der Waals surface area contributed by atoms with Gasteiger partial charge < -0.3 is 19.9 Å². The van der Waals surface area contributed by atoms with Crippen LogP contribution in [0, 0.1) is 13.8 Å². The maximum absolute atomic E-state index is 11.3. The fraction of sp³-hybridized carbons (Fsp3) is 0.348. The van der Waals surface area contributed by atoms with Crippen LogP contribution >= 0.6 is 0 Å². The summed E-state index contributed by atoms with van der Waals surface area (Å²) in [4.78, 5) is 11.3. The lowest BCUT2D eigenvalue weighted by Crippen LogP contribution is -2.09. The van der Waals surface area contributed by atoms with Crippen molar-refractivity contribution in [2.45, 2.75) is 40.7 Å². The highest BCUT2D eigenvalue weighted by atomic mass is 16.5. The second kappa shape index (κ2) is 8.83. The van der Waals surface area contributed by atoms with Crippen molar-refractivity contribution < 1.29 is 19.4 Å². The van der Waals surface area contributed by atoms with E-state index in [1.54, 1.807) is 27.2 Å². The minimum Gasteiger partial charge on any atom is -0.496 e. The van der Waals surface area contributed by atoms with Crippen LogP contribution in [0.2, 0.25) is 0 Å². The van der Waals surface area contributed by atoms with E-state index in [4.69, 9.17) is 9.47 Å². The maximum atomic E-state index is 11.3. The van der Waals surface area contributed by atoms with Crippen LogP contribution in [0.5, 0.6) is 11.5 Å². The smallest absolute Gasteiger partial charge is 0.331 e. The van der Waals surface area contributed by atoms with Crippen molar-refractivity contribution in [1.82, 2.24) is 0 Å². The van der Waals surface area contributed by atoms with E-state index in [0.717, 1.165) is 33.5 Å². The summed E-state index contributed by atoms with van der Waals surface area (Å²) in [5.41, 5.74) is 5.70. The summed E-state index contributed by atoms with van der Waals surface area (Å²) in [6.07, 6.45) is 1.63. The number of ether oxygens (including phenoxy) is 2. The third-order valence-electron chi connectivity index (χ3n) is 4.67. The van der Waals surface area contributed by atoms with Crippen molar-refractivity contribution in [2.75, 3.05) is 19.5 Å². The Balaban J connectivity index is 2.71. The number of hydrogen-bond acceptors (Lipinski definition) is 4. The highest BCUT2D eigenvalue weighted by Gasteiger charge is 2.21. The van der Waals surface area contributed by atoms with Crippen LogP contribution in [-0.2, 0) is 4.79 Å². The third-order valence-corrected chi connectivity index (χ3v) is 4.67. The average Bonchev–Trinajstić information content (AvgIpc) is 2.64. The number of nitrogens with one attached hydrogen (secondary N) is 1. The first-order chi connectivity index (χ1) is 13.2. The van der Waals surface area contributed by atoms with E-state index in [0.29, 0.717) is 17.5 Å². The molecule has 0 unspecified atom stereocenters. The molecule has 0 aliphatic carbocycles. The van der Waals surface area contributed by atoms with Gasteiger partial charge in [-0.15, -0.1) is 0 Å². The molecule has 2 aromatic rings. The Morgan fingerprint density at radius 2 is 1.61 bits per heavy atom. The molecular weight excluding hydrogens is 354 g/mol. The molecule has 0 radical (unpaired) electrons. The minimum absolute atomic E-state index is 0.236. The van der Waals surface area contributed by atoms with E-state index in [9.17, 15) is 9.90 Å². The lowest BCUT2D eigenvalue weighted by Gasteiger charge is -2.21. The first kappa shape index (κ1) is 21.4. The van der Waals surface area contributed by atoms with Crippen molar-refractivity contribution >= 4 is 17.7 Å². The Hall–Kier alpha value is -2.95. The Kier molecular flexibility index (Phi) is 6.73. The van der Waals surface area contributed by atoms with Crippen molar-refractivity contribution in [2.24, 2.45) is 0 Å². The number of benzene rings is 2. The number of rotatable bonds is 7. The number of carbonyl (C=O) groups is 1. The van der Waals surface area contributed by atoms with Crippen molar-refractivity contribution in [3.63, 3.8) is 0 Å². The van der Waals surface area contributed by atoms with Crippen LogP contribution in [0.3, 0.4) is 0 Å². The van der Waals surface area contributed by atoms with E-state index in [2.05, 4.69) is 19.2 Å². The van der Waals surface area contributed by atoms with Crippen LogP contribution in [0.1, 0.15) is 37.5 Å². The van der Waals surface area contributed by atoms with Gasteiger partial charge in [0, 0.05) is 39.6 Å². The molecule has 5 heteroatoms. The Morgan fingerprint density at radius 3 is 2.07 bits per heavy atom. The fourth-order valence-electron chi connectivity index (χ4n) is 3.35.